The van der Waals surface area contributed by atoms with Gasteiger partial charge in [0.05, 0.1) is 13.1 Å². The summed E-state index contributed by atoms with van der Waals surface area (Å²) in [6.45, 7) is 1.69. The molecule has 2 heterocycles. The van der Waals surface area contributed by atoms with Crippen LogP contribution in [0.5, 0.6) is 0 Å². The lowest BCUT2D eigenvalue weighted by atomic mass is 10.1. The molecule has 0 atom stereocenters. The Morgan fingerprint density at radius 3 is 2.60 bits per heavy atom. The van der Waals surface area contributed by atoms with Crippen molar-refractivity contribution in [1.82, 2.24) is 9.97 Å². The second-order valence-electron chi connectivity index (χ2n) is 4.19. The van der Waals surface area contributed by atoms with Gasteiger partial charge < -0.3 is 0 Å². The third kappa shape index (κ3) is 2.50. The fourth-order valence-corrected chi connectivity index (χ4v) is 4.85. The van der Waals surface area contributed by atoms with Crippen molar-refractivity contribution in [3.63, 3.8) is 0 Å². The normalized spacial score (nSPS) is 11.2. The summed E-state index contributed by atoms with van der Waals surface area (Å²) in [6, 6.07) is 4.95. The Labute approximate surface area is 140 Å². The zero-order chi connectivity index (χ0) is 14.4. The van der Waals surface area contributed by atoms with Gasteiger partial charge >= 0.3 is 0 Å². The lowest BCUT2D eigenvalue weighted by Gasteiger charge is -2.05. The molecule has 0 aliphatic carbocycles. The molecule has 0 spiro atoms. The van der Waals surface area contributed by atoms with Gasteiger partial charge in [0.15, 0.2) is 5.82 Å². The van der Waals surface area contributed by atoms with Crippen LogP contribution >= 0.6 is 54.8 Å². The highest BCUT2D eigenvalue weighted by Gasteiger charge is 2.14. The van der Waals surface area contributed by atoms with Crippen molar-refractivity contribution < 1.29 is 4.39 Å². The quantitative estimate of drug-likeness (QED) is 0.438. The van der Waals surface area contributed by atoms with Crippen LogP contribution < -0.4 is 0 Å². The maximum Gasteiger partial charge on any atom is 0.163 e. The lowest BCUT2D eigenvalue weighted by molar-refractivity contribution is 0.620. The number of nitrogens with zero attached hydrogens (tertiary/aromatic N) is 2. The molecule has 0 saturated carbocycles. The van der Waals surface area contributed by atoms with Crippen LogP contribution in [0.15, 0.2) is 25.8 Å². The fraction of sp³-hybridized carbons (Fsp3) is 0.0769. The number of halogens is 4. The predicted molar refractivity (Wildman–Crippen MR) is 88.0 cm³/mol. The van der Waals surface area contributed by atoms with Crippen LogP contribution in [0.2, 0.25) is 5.15 Å². The van der Waals surface area contributed by atoms with Crippen molar-refractivity contribution in [2.75, 3.05) is 0 Å². The lowest BCUT2D eigenvalue weighted by Crippen LogP contribution is -1.93. The summed E-state index contributed by atoms with van der Waals surface area (Å²) in [5.74, 6) is 0.170. The van der Waals surface area contributed by atoms with Gasteiger partial charge in [-0.05, 0) is 56.5 Å². The summed E-state index contributed by atoms with van der Waals surface area (Å²) < 4.78 is 15.5. The third-order valence-electron chi connectivity index (χ3n) is 2.83. The average molecular weight is 437 g/mol. The second kappa shape index (κ2) is 5.33. The first-order valence-electron chi connectivity index (χ1n) is 5.54. The molecule has 0 aliphatic heterocycles. The van der Waals surface area contributed by atoms with Gasteiger partial charge in [-0.2, -0.15) is 0 Å². The average Bonchev–Trinajstić information content (AvgIpc) is 2.71. The highest BCUT2D eigenvalue weighted by Crippen LogP contribution is 2.38. The maximum absolute atomic E-state index is 13.7. The van der Waals surface area contributed by atoms with Crippen LogP contribution in [0.3, 0.4) is 0 Å². The zero-order valence-electron chi connectivity index (χ0n) is 10.0. The minimum absolute atomic E-state index is 0.302. The van der Waals surface area contributed by atoms with Gasteiger partial charge in [-0.25, -0.2) is 14.4 Å². The summed E-state index contributed by atoms with van der Waals surface area (Å²) >= 11 is 14.6. The Morgan fingerprint density at radius 1 is 1.20 bits per heavy atom. The van der Waals surface area contributed by atoms with Gasteiger partial charge in [0.1, 0.15) is 11.0 Å². The molecule has 0 unspecified atom stereocenters. The molecule has 2 nitrogen and oxygen atoms in total. The highest BCUT2D eigenvalue weighted by atomic mass is 79.9. The van der Waals surface area contributed by atoms with Gasteiger partial charge in [-0.3, -0.25) is 0 Å². The van der Waals surface area contributed by atoms with E-state index >= 15 is 0 Å². The van der Waals surface area contributed by atoms with E-state index < -0.39 is 0 Å². The molecule has 0 aliphatic rings. The first-order chi connectivity index (χ1) is 9.45. The summed E-state index contributed by atoms with van der Waals surface area (Å²) in [4.78, 5) is 8.71. The fourth-order valence-electron chi connectivity index (χ4n) is 1.83. The Kier molecular flexibility index (Phi) is 3.83. The summed E-state index contributed by atoms with van der Waals surface area (Å²) in [6.07, 6.45) is 0. The number of thiophene rings is 1. The van der Waals surface area contributed by atoms with E-state index in [9.17, 15) is 4.39 Å². The van der Waals surface area contributed by atoms with Crippen LogP contribution in [0, 0.1) is 12.7 Å². The summed E-state index contributed by atoms with van der Waals surface area (Å²) in [5.41, 5.74) is 1.85. The summed E-state index contributed by atoms with van der Waals surface area (Å²) in [7, 11) is 0. The molecule has 2 aromatic heterocycles. The highest BCUT2D eigenvalue weighted by molar-refractivity contribution is 9.12. The number of fused-ring (bicyclic) bond motifs is 1. The van der Waals surface area contributed by atoms with Crippen molar-refractivity contribution in [2.24, 2.45) is 0 Å². The molecule has 102 valence electrons. The summed E-state index contributed by atoms with van der Waals surface area (Å²) in [5, 5.41) is 0.974. The molecule has 0 N–H and O–H groups in total. The first kappa shape index (κ1) is 14.4. The zero-order valence-corrected chi connectivity index (χ0v) is 14.8. The molecule has 3 rings (SSSR count). The molecular formula is C13H6Br2ClFN2S. The van der Waals surface area contributed by atoms with Gasteiger partial charge in [0.25, 0.3) is 0 Å². The largest absolute Gasteiger partial charge is 0.228 e. The topological polar surface area (TPSA) is 25.8 Å². The van der Waals surface area contributed by atoms with Crippen LogP contribution in [-0.4, -0.2) is 9.97 Å². The minimum Gasteiger partial charge on any atom is -0.228 e. The van der Waals surface area contributed by atoms with Crippen LogP contribution in [0.25, 0.3) is 22.3 Å². The van der Waals surface area contributed by atoms with Crippen LogP contribution in [-0.2, 0) is 0 Å². The molecule has 0 saturated heterocycles. The van der Waals surface area contributed by atoms with E-state index in [1.807, 2.05) is 6.07 Å². The molecule has 7 heteroatoms. The van der Waals surface area contributed by atoms with Crippen molar-refractivity contribution in [3.05, 3.63) is 42.3 Å². The molecule has 0 fully saturated rings. The van der Waals surface area contributed by atoms with E-state index in [2.05, 4.69) is 41.8 Å². The molecule has 1 aromatic carbocycles. The number of benzene rings is 1. The van der Waals surface area contributed by atoms with Gasteiger partial charge in [-0.1, -0.05) is 11.6 Å². The van der Waals surface area contributed by atoms with Crippen LogP contribution in [0.1, 0.15) is 5.56 Å². The van der Waals surface area contributed by atoms with Crippen molar-refractivity contribution >= 4 is 65.7 Å². The minimum atomic E-state index is -0.302. The van der Waals surface area contributed by atoms with E-state index in [0.29, 0.717) is 27.4 Å². The number of aromatic nitrogens is 2. The molecule has 0 radical (unpaired) electrons. The van der Waals surface area contributed by atoms with Crippen molar-refractivity contribution in [1.29, 1.82) is 0 Å². The standard InChI is InChI=1S/C13H6Br2ClFN2S/c1-5-2-6-9(4-8(5)17)18-13(19-12(6)16)7-3-10(14)20-11(7)15/h2-4H,1H3. The molecule has 0 amide bonds. The SMILES string of the molecule is Cc1cc2c(Cl)nc(-c3cc(Br)sc3Br)nc2cc1F. The smallest absolute Gasteiger partial charge is 0.163 e. The number of aryl methyl sites for hydroxylation is 1. The Bertz CT molecular complexity index is 835. The monoisotopic (exact) mass is 434 g/mol. The van der Waals surface area contributed by atoms with E-state index in [1.165, 1.54) is 17.4 Å². The van der Waals surface area contributed by atoms with Gasteiger partial charge in [0, 0.05) is 17.0 Å². The molecule has 20 heavy (non-hydrogen) atoms. The maximum atomic E-state index is 13.7. The number of rotatable bonds is 1. The Morgan fingerprint density at radius 2 is 1.95 bits per heavy atom. The Balaban J connectivity index is 2.29. The third-order valence-corrected chi connectivity index (χ3v) is 5.45. The first-order valence-corrected chi connectivity index (χ1v) is 8.32. The van der Waals surface area contributed by atoms with Gasteiger partial charge in [-0.15, -0.1) is 11.3 Å². The van der Waals surface area contributed by atoms with Crippen LogP contribution in [0.4, 0.5) is 4.39 Å². The van der Waals surface area contributed by atoms with E-state index in [1.54, 1.807) is 13.0 Å². The molecular weight excluding hydrogens is 430 g/mol. The molecule has 3 aromatic rings. The van der Waals surface area contributed by atoms with Crippen molar-refractivity contribution in [3.8, 4) is 11.4 Å². The second-order valence-corrected chi connectivity index (χ2v) is 8.30. The van der Waals surface area contributed by atoms with E-state index in [4.69, 9.17) is 11.6 Å². The van der Waals surface area contributed by atoms with E-state index in [-0.39, 0.29) is 5.82 Å². The number of hydrogen-bond acceptors (Lipinski definition) is 3. The number of hydrogen-bond donors (Lipinski definition) is 0. The van der Waals surface area contributed by atoms with Gasteiger partial charge in [0.2, 0.25) is 0 Å². The molecule has 0 bridgehead atoms. The Hall–Kier alpha value is -0.560. The predicted octanol–water partition coefficient (Wildman–Crippen LogP) is 5.98. The van der Waals surface area contributed by atoms with E-state index in [0.717, 1.165) is 13.1 Å². The van der Waals surface area contributed by atoms with Crippen molar-refractivity contribution in [2.45, 2.75) is 6.92 Å².